The molecule has 1 heterocycles. The third-order valence-corrected chi connectivity index (χ3v) is 6.01. The van der Waals surface area contributed by atoms with Crippen LogP contribution in [0.5, 0.6) is 0 Å². The molecule has 1 aromatic carbocycles. The van der Waals surface area contributed by atoms with Crippen molar-refractivity contribution in [3.63, 3.8) is 0 Å². The lowest BCUT2D eigenvalue weighted by molar-refractivity contribution is -0.125. The first kappa shape index (κ1) is 19.4. The summed E-state index contributed by atoms with van der Waals surface area (Å²) in [6.45, 7) is 0.726. The maximum atomic E-state index is 12.8. The van der Waals surface area contributed by atoms with Crippen LogP contribution in [0.25, 0.3) is 0 Å². The van der Waals surface area contributed by atoms with Crippen LogP contribution in [0.15, 0.2) is 29.2 Å². The smallest absolute Gasteiger partial charge is 0.243 e. The van der Waals surface area contributed by atoms with Crippen LogP contribution in [0.3, 0.4) is 0 Å². The van der Waals surface area contributed by atoms with Crippen LogP contribution in [0, 0.1) is 0 Å². The molecule has 1 aliphatic heterocycles. The highest BCUT2D eigenvalue weighted by Gasteiger charge is 2.27. The third-order valence-electron chi connectivity index (χ3n) is 4.01. The van der Waals surface area contributed by atoms with Crippen molar-refractivity contribution in [2.75, 3.05) is 26.2 Å². The summed E-state index contributed by atoms with van der Waals surface area (Å²) in [6.07, 6.45) is 2.76. The number of sulfonamides is 1. The van der Waals surface area contributed by atoms with Gasteiger partial charge in [-0.15, -0.1) is 0 Å². The number of rotatable bonds is 7. The van der Waals surface area contributed by atoms with Crippen LogP contribution >= 0.6 is 0 Å². The van der Waals surface area contributed by atoms with Gasteiger partial charge in [-0.1, -0.05) is 24.6 Å². The lowest BCUT2D eigenvalue weighted by Crippen LogP contribution is -2.39. The van der Waals surface area contributed by atoms with Gasteiger partial charge in [-0.05, 0) is 24.5 Å². The van der Waals surface area contributed by atoms with Gasteiger partial charge in [0.15, 0.2) is 0 Å². The van der Waals surface area contributed by atoms with Crippen molar-refractivity contribution in [2.45, 2.75) is 30.7 Å². The Hall–Kier alpha value is -1.97. The van der Waals surface area contributed by atoms with Gasteiger partial charge in [0, 0.05) is 19.6 Å². The Labute approximate surface area is 147 Å². The largest absolute Gasteiger partial charge is 0.350 e. The lowest BCUT2D eigenvalue weighted by Gasteiger charge is -2.26. The van der Waals surface area contributed by atoms with Gasteiger partial charge in [0.1, 0.15) is 0 Å². The SMILES string of the molecule is NCC(=O)NCC(=O)NCc1ccccc1S(=O)(=O)N1CCCCC1. The average Bonchev–Trinajstić information content (AvgIpc) is 2.65. The summed E-state index contributed by atoms with van der Waals surface area (Å²) >= 11 is 0. The van der Waals surface area contributed by atoms with E-state index in [1.54, 1.807) is 24.3 Å². The van der Waals surface area contributed by atoms with Gasteiger partial charge >= 0.3 is 0 Å². The normalized spacial score (nSPS) is 15.6. The fourth-order valence-electron chi connectivity index (χ4n) is 2.65. The zero-order valence-electron chi connectivity index (χ0n) is 14.0. The van der Waals surface area contributed by atoms with Gasteiger partial charge in [0.05, 0.1) is 18.0 Å². The van der Waals surface area contributed by atoms with Gasteiger partial charge in [-0.3, -0.25) is 9.59 Å². The van der Waals surface area contributed by atoms with Crippen molar-refractivity contribution in [1.29, 1.82) is 0 Å². The number of carbonyl (C=O) groups excluding carboxylic acids is 2. The topological polar surface area (TPSA) is 122 Å². The summed E-state index contributed by atoms with van der Waals surface area (Å²) in [6, 6.07) is 6.63. The van der Waals surface area contributed by atoms with E-state index in [0.717, 1.165) is 19.3 Å². The molecule has 1 saturated heterocycles. The van der Waals surface area contributed by atoms with E-state index in [0.29, 0.717) is 18.7 Å². The summed E-state index contributed by atoms with van der Waals surface area (Å²) in [5.41, 5.74) is 5.67. The third kappa shape index (κ3) is 5.25. The molecule has 25 heavy (non-hydrogen) atoms. The van der Waals surface area contributed by atoms with Crippen molar-refractivity contribution in [3.8, 4) is 0 Å². The van der Waals surface area contributed by atoms with E-state index >= 15 is 0 Å². The molecule has 2 rings (SSSR count). The van der Waals surface area contributed by atoms with E-state index in [4.69, 9.17) is 5.73 Å². The fourth-order valence-corrected chi connectivity index (χ4v) is 4.39. The number of hydrogen-bond donors (Lipinski definition) is 3. The second kappa shape index (κ2) is 8.93. The van der Waals surface area contributed by atoms with E-state index in [-0.39, 0.29) is 24.5 Å². The summed E-state index contributed by atoms with van der Waals surface area (Å²) in [4.78, 5) is 23.0. The number of benzene rings is 1. The van der Waals surface area contributed by atoms with Crippen LogP contribution in [0.1, 0.15) is 24.8 Å². The molecule has 0 unspecified atom stereocenters. The summed E-state index contributed by atoms with van der Waals surface area (Å²) < 4.78 is 27.2. The predicted octanol–water partition coefficient (Wildman–Crippen LogP) is -0.448. The number of nitrogens with zero attached hydrogens (tertiary/aromatic N) is 1. The summed E-state index contributed by atoms with van der Waals surface area (Å²) in [5, 5.41) is 4.98. The average molecular weight is 368 g/mol. The van der Waals surface area contributed by atoms with E-state index in [1.807, 2.05) is 0 Å². The number of carbonyl (C=O) groups is 2. The van der Waals surface area contributed by atoms with E-state index < -0.39 is 21.8 Å². The van der Waals surface area contributed by atoms with Crippen molar-refractivity contribution in [3.05, 3.63) is 29.8 Å². The second-order valence-corrected chi connectivity index (χ2v) is 7.74. The molecule has 8 nitrogen and oxygen atoms in total. The molecule has 0 aromatic heterocycles. The predicted molar refractivity (Wildman–Crippen MR) is 93.0 cm³/mol. The maximum absolute atomic E-state index is 12.8. The van der Waals surface area contributed by atoms with Crippen LogP contribution < -0.4 is 16.4 Å². The standard InChI is InChI=1S/C16H24N4O4S/c17-10-15(21)19-12-16(22)18-11-13-6-2-3-7-14(13)25(23,24)20-8-4-1-5-9-20/h2-3,6-7H,1,4-5,8-12,17H2,(H,18,22)(H,19,21). The Bertz CT molecular complexity index is 715. The van der Waals surface area contributed by atoms with E-state index in [1.165, 1.54) is 4.31 Å². The zero-order chi connectivity index (χ0) is 18.3. The van der Waals surface area contributed by atoms with Gasteiger partial charge in [-0.25, -0.2) is 8.42 Å². The monoisotopic (exact) mass is 368 g/mol. The van der Waals surface area contributed by atoms with Gasteiger partial charge < -0.3 is 16.4 Å². The molecule has 138 valence electrons. The first-order valence-corrected chi connectivity index (χ1v) is 9.70. The van der Waals surface area contributed by atoms with Gasteiger partial charge in [-0.2, -0.15) is 4.31 Å². The Balaban J connectivity index is 2.05. The van der Waals surface area contributed by atoms with Crippen LogP contribution in [0.2, 0.25) is 0 Å². The highest BCUT2D eigenvalue weighted by molar-refractivity contribution is 7.89. The Morgan fingerprint density at radius 2 is 1.72 bits per heavy atom. The fraction of sp³-hybridized carbons (Fsp3) is 0.500. The number of nitrogens with one attached hydrogen (secondary N) is 2. The number of nitrogens with two attached hydrogens (primary N) is 1. The van der Waals surface area contributed by atoms with Crippen LogP contribution in [-0.4, -0.2) is 50.7 Å². The molecule has 0 radical (unpaired) electrons. The first-order valence-electron chi connectivity index (χ1n) is 8.26. The van der Waals surface area contributed by atoms with Crippen molar-refractivity contribution >= 4 is 21.8 Å². The van der Waals surface area contributed by atoms with E-state index in [9.17, 15) is 18.0 Å². The Kier molecular flexibility index (Phi) is 6.91. The molecule has 1 fully saturated rings. The molecule has 0 aliphatic carbocycles. The molecular formula is C16H24N4O4S. The molecule has 0 saturated carbocycles. The quantitative estimate of drug-likeness (QED) is 0.602. The van der Waals surface area contributed by atoms with Crippen LogP contribution in [0.4, 0.5) is 0 Å². The van der Waals surface area contributed by atoms with Gasteiger partial charge in [0.2, 0.25) is 21.8 Å². The molecule has 0 atom stereocenters. The van der Waals surface area contributed by atoms with Crippen molar-refractivity contribution < 1.29 is 18.0 Å². The molecule has 9 heteroatoms. The highest BCUT2D eigenvalue weighted by atomic mass is 32.2. The first-order chi connectivity index (χ1) is 11.9. The highest BCUT2D eigenvalue weighted by Crippen LogP contribution is 2.23. The molecular weight excluding hydrogens is 344 g/mol. The maximum Gasteiger partial charge on any atom is 0.243 e. The minimum Gasteiger partial charge on any atom is -0.350 e. The lowest BCUT2D eigenvalue weighted by atomic mass is 10.2. The number of hydrogen-bond acceptors (Lipinski definition) is 5. The van der Waals surface area contributed by atoms with E-state index in [2.05, 4.69) is 10.6 Å². The van der Waals surface area contributed by atoms with Gasteiger partial charge in [0.25, 0.3) is 0 Å². The summed E-state index contributed by atoms with van der Waals surface area (Å²) in [5.74, 6) is -0.838. The molecule has 1 aliphatic rings. The van der Waals surface area contributed by atoms with Crippen molar-refractivity contribution in [2.24, 2.45) is 5.73 Å². The molecule has 1 aromatic rings. The molecule has 0 spiro atoms. The number of piperidine rings is 1. The Morgan fingerprint density at radius 1 is 1.04 bits per heavy atom. The zero-order valence-corrected chi connectivity index (χ0v) is 14.8. The number of amides is 2. The minimum atomic E-state index is -3.57. The Morgan fingerprint density at radius 3 is 2.40 bits per heavy atom. The minimum absolute atomic E-state index is 0.0700. The molecule has 2 amide bonds. The molecule has 4 N–H and O–H groups in total. The second-order valence-electron chi connectivity index (χ2n) is 5.83. The summed E-state index contributed by atoms with van der Waals surface area (Å²) in [7, 11) is -3.57. The molecule has 0 bridgehead atoms. The van der Waals surface area contributed by atoms with Crippen molar-refractivity contribution in [1.82, 2.24) is 14.9 Å². The van der Waals surface area contributed by atoms with Crippen LogP contribution in [-0.2, 0) is 26.2 Å².